The third-order valence-corrected chi connectivity index (χ3v) is 4.16. The molecule has 2 aromatic carbocycles. The average Bonchev–Trinajstić information content (AvgIpc) is 3.00. The van der Waals surface area contributed by atoms with Gasteiger partial charge in [-0.15, -0.1) is 0 Å². The van der Waals surface area contributed by atoms with E-state index in [9.17, 15) is 14.7 Å². The van der Waals surface area contributed by atoms with Crippen LogP contribution in [0.3, 0.4) is 0 Å². The Morgan fingerprint density at radius 2 is 1.93 bits per heavy atom. The molecule has 0 saturated heterocycles. The normalized spacial score (nSPS) is 12.0. The van der Waals surface area contributed by atoms with E-state index in [1.165, 1.54) is 18.8 Å². The molecule has 0 radical (unpaired) electrons. The Bertz CT molecular complexity index is 1010. The molecule has 0 aliphatic heterocycles. The number of aromatic nitrogens is 1. The molecule has 0 fully saturated rings. The van der Waals surface area contributed by atoms with E-state index in [1.54, 1.807) is 42.5 Å². The number of fused-ring (bicyclic) bond motifs is 1. The second-order valence-electron chi connectivity index (χ2n) is 5.86. The lowest BCUT2D eigenvalue weighted by atomic mass is 10.1. The van der Waals surface area contributed by atoms with Crippen LogP contribution in [-0.4, -0.2) is 36.3 Å². The molecule has 0 aliphatic carbocycles. The highest BCUT2D eigenvalue weighted by molar-refractivity contribution is 5.79. The molecule has 27 heavy (non-hydrogen) atoms. The first kappa shape index (κ1) is 18.5. The predicted octanol–water partition coefficient (Wildman–Crippen LogP) is 1.46. The molecule has 8 heteroatoms. The van der Waals surface area contributed by atoms with Crippen LogP contribution in [-0.2, 0) is 11.3 Å². The SMILES string of the molecule is COc1ccc(C(O)CNC(=O)Cn2c(=O)oc3ccccc32)cc1OC. The number of carbonyl (C=O) groups is 1. The maximum atomic E-state index is 12.2. The van der Waals surface area contributed by atoms with Crippen LogP contribution in [0.4, 0.5) is 0 Å². The number of carbonyl (C=O) groups excluding carboxylic acids is 1. The van der Waals surface area contributed by atoms with Crippen molar-refractivity contribution in [3.05, 3.63) is 58.6 Å². The molecule has 0 saturated carbocycles. The van der Waals surface area contributed by atoms with Crippen LogP contribution in [0.15, 0.2) is 51.7 Å². The van der Waals surface area contributed by atoms with Crippen molar-refractivity contribution in [3.63, 3.8) is 0 Å². The Hall–Kier alpha value is -3.26. The first-order chi connectivity index (χ1) is 13.0. The minimum Gasteiger partial charge on any atom is -0.493 e. The number of nitrogens with one attached hydrogen (secondary N) is 1. The summed E-state index contributed by atoms with van der Waals surface area (Å²) in [6.07, 6.45) is -0.938. The molecule has 1 aromatic heterocycles. The summed E-state index contributed by atoms with van der Waals surface area (Å²) >= 11 is 0. The summed E-state index contributed by atoms with van der Waals surface area (Å²) in [5.41, 5.74) is 1.53. The molecule has 0 spiro atoms. The zero-order chi connectivity index (χ0) is 19.4. The van der Waals surface area contributed by atoms with Crippen molar-refractivity contribution in [2.45, 2.75) is 12.6 Å². The molecule has 8 nitrogen and oxygen atoms in total. The number of nitrogens with zero attached hydrogens (tertiary/aromatic N) is 1. The number of amides is 1. The number of methoxy groups -OCH3 is 2. The van der Waals surface area contributed by atoms with Crippen LogP contribution in [0, 0.1) is 0 Å². The van der Waals surface area contributed by atoms with Gasteiger partial charge in [-0.1, -0.05) is 18.2 Å². The zero-order valence-corrected chi connectivity index (χ0v) is 15.0. The number of hydrogen-bond acceptors (Lipinski definition) is 6. The lowest BCUT2D eigenvalue weighted by molar-refractivity contribution is -0.122. The summed E-state index contributed by atoms with van der Waals surface area (Å²) in [4.78, 5) is 24.1. The summed E-state index contributed by atoms with van der Waals surface area (Å²) < 4.78 is 16.7. The fourth-order valence-corrected chi connectivity index (χ4v) is 2.75. The fraction of sp³-hybridized carbons (Fsp3) is 0.263. The molecule has 1 heterocycles. The quantitative estimate of drug-likeness (QED) is 0.651. The third kappa shape index (κ3) is 3.95. The Morgan fingerprint density at radius 1 is 1.19 bits per heavy atom. The Labute approximate surface area is 154 Å². The summed E-state index contributed by atoms with van der Waals surface area (Å²) in [5, 5.41) is 12.9. The largest absolute Gasteiger partial charge is 0.493 e. The van der Waals surface area contributed by atoms with Gasteiger partial charge in [0.05, 0.1) is 25.8 Å². The summed E-state index contributed by atoms with van der Waals surface area (Å²) in [6, 6.07) is 11.9. The number of para-hydroxylation sites is 2. The number of hydrogen-bond donors (Lipinski definition) is 2. The third-order valence-electron chi connectivity index (χ3n) is 4.16. The smallest absolute Gasteiger partial charge is 0.420 e. The number of oxazole rings is 1. The van der Waals surface area contributed by atoms with Crippen molar-refractivity contribution in [2.75, 3.05) is 20.8 Å². The molecular weight excluding hydrogens is 352 g/mol. The molecule has 3 rings (SSSR count). The lowest BCUT2D eigenvalue weighted by Gasteiger charge is -2.15. The highest BCUT2D eigenvalue weighted by Gasteiger charge is 2.15. The van der Waals surface area contributed by atoms with Crippen LogP contribution in [0.25, 0.3) is 11.1 Å². The van der Waals surface area contributed by atoms with Gasteiger partial charge in [-0.3, -0.25) is 9.36 Å². The number of rotatable bonds is 7. The molecule has 1 amide bonds. The van der Waals surface area contributed by atoms with E-state index in [0.717, 1.165) is 0 Å². The maximum absolute atomic E-state index is 12.2. The van der Waals surface area contributed by atoms with Gasteiger partial charge in [-0.05, 0) is 29.8 Å². The van der Waals surface area contributed by atoms with Gasteiger partial charge in [0.2, 0.25) is 5.91 Å². The van der Waals surface area contributed by atoms with Gasteiger partial charge in [-0.2, -0.15) is 0 Å². The van der Waals surface area contributed by atoms with Crippen LogP contribution >= 0.6 is 0 Å². The highest BCUT2D eigenvalue weighted by atomic mass is 16.5. The first-order valence-corrected chi connectivity index (χ1v) is 8.28. The summed E-state index contributed by atoms with van der Waals surface area (Å²) in [7, 11) is 3.03. The van der Waals surface area contributed by atoms with Gasteiger partial charge in [0, 0.05) is 6.54 Å². The topological polar surface area (TPSA) is 103 Å². The molecule has 142 valence electrons. The molecule has 0 bridgehead atoms. The van der Waals surface area contributed by atoms with Gasteiger partial charge in [-0.25, -0.2) is 4.79 Å². The number of aliphatic hydroxyl groups is 1. The van der Waals surface area contributed by atoms with E-state index in [0.29, 0.717) is 28.2 Å². The van der Waals surface area contributed by atoms with E-state index >= 15 is 0 Å². The van der Waals surface area contributed by atoms with Crippen LogP contribution in [0.5, 0.6) is 11.5 Å². The van der Waals surface area contributed by atoms with Gasteiger partial charge >= 0.3 is 5.76 Å². The molecule has 1 unspecified atom stereocenters. The second kappa shape index (κ2) is 7.96. The lowest BCUT2D eigenvalue weighted by Crippen LogP contribution is -2.33. The molecular formula is C19H20N2O6. The van der Waals surface area contributed by atoms with Gasteiger partial charge in [0.1, 0.15) is 6.54 Å². The van der Waals surface area contributed by atoms with Crippen molar-refractivity contribution in [1.29, 1.82) is 0 Å². The van der Waals surface area contributed by atoms with E-state index in [1.807, 2.05) is 0 Å². The second-order valence-corrected chi connectivity index (χ2v) is 5.86. The van der Waals surface area contributed by atoms with E-state index in [-0.39, 0.29) is 13.1 Å². The summed E-state index contributed by atoms with van der Waals surface area (Å²) in [6.45, 7) is -0.215. The minimum absolute atomic E-state index is 0.0150. The Balaban J connectivity index is 1.65. The molecule has 1 atom stereocenters. The zero-order valence-electron chi connectivity index (χ0n) is 15.0. The first-order valence-electron chi connectivity index (χ1n) is 8.28. The maximum Gasteiger partial charge on any atom is 0.420 e. The average molecular weight is 372 g/mol. The van der Waals surface area contributed by atoms with Gasteiger partial charge in [0.25, 0.3) is 0 Å². The van der Waals surface area contributed by atoms with Crippen LogP contribution in [0.1, 0.15) is 11.7 Å². The van der Waals surface area contributed by atoms with E-state index < -0.39 is 17.8 Å². The molecule has 0 aliphatic rings. The number of ether oxygens (including phenoxy) is 2. The summed E-state index contributed by atoms with van der Waals surface area (Å²) in [5.74, 6) is 0.00969. The van der Waals surface area contributed by atoms with Crippen molar-refractivity contribution < 1.29 is 23.8 Å². The number of benzene rings is 2. The Morgan fingerprint density at radius 3 is 2.67 bits per heavy atom. The number of aliphatic hydroxyl groups excluding tert-OH is 1. The predicted molar refractivity (Wildman–Crippen MR) is 98.0 cm³/mol. The van der Waals surface area contributed by atoms with Gasteiger partial charge in [0.15, 0.2) is 17.1 Å². The fourth-order valence-electron chi connectivity index (χ4n) is 2.75. The minimum atomic E-state index is -0.938. The monoisotopic (exact) mass is 372 g/mol. The molecule has 2 N–H and O–H groups in total. The Kier molecular flexibility index (Phi) is 5.46. The highest BCUT2D eigenvalue weighted by Crippen LogP contribution is 2.29. The van der Waals surface area contributed by atoms with E-state index in [4.69, 9.17) is 13.9 Å². The van der Waals surface area contributed by atoms with Crippen LogP contribution < -0.4 is 20.5 Å². The standard InChI is InChI=1S/C19H20N2O6/c1-25-16-8-7-12(9-17(16)26-2)14(22)10-20-18(23)11-21-13-5-3-4-6-15(13)27-19(21)24/h3-9,14,22H,10-11H2,1-2H3,(H,20,23). The van der Waals surface area contributed by atoms with Crippen molar-refractivity contribution in [3.8, 4) is 11.5 Å². The van der Waals surface area contributed by atoms with Crippen molar-refractivity contribution in [2.24, 2.45) is 0 Å². The van der Waals surface area contributed by atoms with E-state index in [2.05, 4.69) is 5.32 Å². The van der Waals surface area contributed by atoms with Crippen LogP contribution in [0.2, 0.25) is 0 Å². The molecule has 3 aromatic rings. The van der Waals surface area contributed by atoms with Gasteiger partial charge < -0.3 is 24.3 Å². The van der Waals surface area contributed by atoms with Crippen molar-refractivity contribution in [1.82, 2.24) is 9.88 Å². The van der Waals surface area contributed by atoms with Crippen molar-refractivity contribution >= 4 is 17.0 Å².